The van der Waals surface area contributed by atoms with E-state index >= 15 is 0 Å². The predicted molar refractivity (Wildman–Crippen MR) is 57.3 cm³/mol. The van der Waals surface area contributed by atoms with Crippen LogP contribution in [0.25, 0.3) is 0 Å². The van der Waals surface area contributed by atoms with E-state index < -0.39 is 0 Å². The van der Waals surface area contributed by atoms with Crippen molar-refractivity contribution in [1.82, 2.24) is 4.98 Å². The molecule has 0 amide bonds. The van der Waals surface area contributed by atoms with Gasteiger partial charge >= 0.3 is 0 Å². The minimum atomic E-state index is 0.146. The van der Waals surface area contributed by atoms with Gasteiger partial charge in [-0.15, -0.1) is 0 Å². The van der Waals surface area contributed by atoms with Gasteiger partial charge in [0.15, 0.2) is 0 Å². The molecule has 0 atom stereocenters. The Morgan fingerprint density at radius 1 is 1.29 bits per heavy atom. The molecule has 0 saturated heterocycles. The Morgan fingerprint density at radius 3 is 2.79 bits per heavy atom. The van der Waals surface area contributed by atoms with Crippen LogP contribution in [0.4, 0.5) is 0 Å². The molecule has 1 heterocycles. The lowest BCUT2D eigenvalue weighted by Gasteiger charge is -2.09. The van der Waals surface area contributed by atoms with Gasteiger partial charge in [0, 0.05) is 23.3 Å². The predicted octanol–water partition coefficient (Wildman–Crippen LogP) is 1.93. The van der Waals surface area contributed by atoms with E-state index in [1.54, 1.807) is 5.56 Å². The lowest BCUT2D eigenvalue weighted by Crippen LogP contribution is -2.24. The zero-order valence-electron chi connectivity index (χ0n) is 8.60. The van der Waals surface area contributed by atoms with E-state index in [1.165, 1.54) is 49.9 Å². The summed E-state index contributed by atoms with van der Waals surface area (Å²) in [7, 11) is 0. The molecule has 76 valence electrons. The van der Waals surface area contributed by atoms with Crippen LogP contribution in [-0.2, 0) is 19.3 Å². The van der Waals surface area contributed by atoms with E-state index in [9.17, 15) is 0 Å². The lowest BCUT2D eigenvalue weighted by molar-refractivity contribution is 0.655. The van der Waals surface area contributed by atoms with Gasteiger partial charge in [0.2, 0.25) is 0 Å². The van der Waals surface area contributed by atoms with Crippen LogP contribution in [0.15, 0.2) is 6.07 Å². The molecule has 2 aliphatic rings. The van der Waals surface area contributed by atoms with Crippen LogP contribution in [0.2, 0.25) is 0 Å². The highest BCUT2D eigenvalue weighted by atomic mass is 14.8. The molecule has 3 rings (SSSR count). The highest BCUT2D eigenvalue weighted by Gasteiger charge is 2.38. The van der Waals surface area contributed by atoms with E-state index in [0.717, 1.165) is 6.42 Å². The summed E-state index contributed by atoms with van der Waals surface area (Å²) in [4.78, 5) is 3.55. The summed E-state index contributed by atoms with van der Waals surface area (Å²) in [5.41, 5.74) is 10.7. The summed E-state index contributed by atoms with van der Waals surface area (Å²) in [6.07, 6.45) is 8.68. The van der Waals surface area contributed by atoms with E-state index in [1.807, 2.05) is 0 Å². The molecule has 1 saturated carbocycles. The first-order chi connectivity index (χ1) is 6.75. The highest BCUT2D eigenvalue weighted by Crippen LogP contribution is 2.36. The molecule has 0 bridgehead atoms. The number of aromatic amines is 1. The summed E-state index contributed by atoms with van der Waals surface area (Å²) in [6, 6.07) is 2.35. The van der Waals surface area contributed by atoms with Gasteiger partial charge in [-0.1, -0.05) is 0 Å². The van der Waals surface area contributed by atoms with Gasteiger partial charge in [0.1, 0.15) is 0 Å². The van der Waals surface area contributed by atoms with Crippen LogP contribution >= 0.6 is 0 Å². The molecule has 0 spiro atoms. The quantitative estimate of drug-likeness (QED) is 0.735. The maximum absolute atomic E-state index is 6.12. The molecule has 14 heavy (non-hydrogen) atoms. The minimum Gasteiger partial charge on any atom is -0.362 e. The molecule has 0 radical (unpaired) electrons. The van der Waals surface area contributed by atoms with Crippen molar-refractivity contribution in [2.45, 2.75) is 50.5 Å². The molecule has 0 unspecified atom stereocenters. The van der Waals surface area contributed by atoms with Gasteiger partial charge in [0.05, 0.1) is 0 Å². The largest absolute Gasteiger partial charge is 0.362 e. The first kappa shape index (κ1) is 8.54. The summed E-state index contributed by atoms with van der Waals surface area (Å²) >= 11 is 0. The number of aryl methyl sites for hydroxylation is 2. The Morgan fingerprint density at radius 2 is 2.07 bits per heavy atom. The Bertz CT molecular complexity index is 324. The number of hydrogen-bond donors (Lipinski definition) is 2. The second-order valence-electron chi connectivity index (χ2n) is 5.04. The third-order valence-electron chi connectivity index (χ3n) is 3.61. The number of nitrogens with one attached hydrogen (secondary N) is 1. The van der Waals surface area contributed by atoms with Gasteiger partial charge in [-0.25, -0.2) is 0 Å². The average molecular weight is 190 g/mol. The normalized spacial score (nSPS) is 23.2. The summed E-state index contributed by atoms with van der Waals surface area (Å²) in [6.45, 7) is 0. The van der Waals surface area contributed by atoms with Crippen LogP contribution in [0, 0.1) is 0 Å². The van der Waals surface area contributed by atoms with Gasteiger partial charge < -0.3 is 10.7 Å². The third kappa shape index (κ3) is 1.48. The number of fused-ring (bicyclic) bond motifs is 1. The SMILES string of the molecule is NC1(Cc2cc3c([nH]2)CCCC3)CC1. The Balaban J connectivity index is 1.81. The molecule has 2 heteroatoms. The number of hydrogen-bond acceptors (Lipinski definition) is 1. The molecule has 3 N–H and O–H groups in total. The van der Waals surface area contributed by atoms with E-state index in [2.05, 4.69) is 11.1 Å². The number of rotatable bonds is 2. The van der Waals surface area contributed by atoms with E-state index in [-0.39, 0.29) is 5.54 Å². The molecule has 2 nitrogen and oxygen atoms in total. The van der Waals surface area contributed by atoms with Crippen LogP contribution in [0.1, 0.15) is 42.6 Å². The summed E-state index contributed by atoms with van der Waals surface area (Å²) in [5, 5.41) is 0. The zero-order chi connectivity index (χ0) is 9.60. The first-order valence-corrected chi connectivity index (χ1v) is 5.74. The third-order valence-corrected chi connectivity index (χ3v) is 3.61. The summed E-state index contributed by atoms with van der Waals surface area (Å²) in [5.74, 6) is 0. The first-order valence-electron chi connectivity index (χ1n) is 5.74. The monoisotopic (exact) mass is 190 g/mol. The molecule has 1 aromatic heterocycles. The fourth-order valence-electron chi connectivity index (χ4n) is 2.48. The van der Waals surface area contributed by atoms with Gasteiger partial charge in [-0.05, 0) is 50.2 Å². The van der Waals surface area contributed by atoms with Crippen molar-refractivity contribution in [3.05, 3.63) is 23.0 Å². The molecule has 0 aromatic carbocycles. The van der Waals surface area contributed by atoms with Gasteiger partial charge in [0.25, 0.3) is 0 Å². The van der Waals surface area contributed by atoms with Crippen molar-refractivity contribution in [3.8, 4) is 0 Å². The Kier molecular flexibility index (Phi) is 1.75. The molecule has 1 fully saturated rings. The highest BCUT2D eigenvalue weighted by molar-refractivity contribution is 5.29. The maximum atomic E-state index is 6.12. The topological polar surface area (TPSA) is 41.8 Å². The maximum Gasteiger partial charge on any atom is 0.0210 e. The zero-order valence-corrected chi connectivity index (χ0v) is 8.60. The molecule has 1 aromatic rings. The van der Waals surface area contributed by atoms with E-state index in [0.29, 0.717) is 0 Å². The fraction of sp³-hybridized carbons (Fsp3) is 0.667. The molecule has 0 aliphatic heterocycles. The fourth-order valence-corrected chi connectivity index (χ4v) is 2.48. The Labute approximate surface area is 84.9 Å². The number of H-pyrrole nitrogens is 1. The van der Waals surface area contributed by atoms with Gasteiger partial charge in [-0.2, -0.15) is 0 Å². The number of nitrogens with two attached hydrogens (primary N) is 1. The lowest BCUT2D eigenvalue weighted by atomic mass is 9.98. The van der Waals surface area contributed by atoms with Crippen LogP contribution in [0.3, 0.4) is 0 Å². The van der Waals surface area contributed by atoms with Crippen molar-refractivity contribution >= 4 is 0 Å². The molecular formula is C12H18N2. The minimum absolute atomic E-state index is 0.146. The van der Waals surface area contributed by atoms with Crippen molar-refractivity contribution in [2.24, 2.45) is 5.73 Å². The number of aromatic nitrogens is 1. The smallest absolute Gasteiger partial charge is 0.0210 e. The van der Waals surface area contributed by atoms with Gasteiger partial charge in [-0.3, -0.25) is 0 Å². The molecular weight excluding hydrogens is 172 g/mol. The van der Waals surface area contributed by atoms with Crippen LogP contribution < -0.4 is 5.73 Å². The van der Waals surface area contributed by atoms with Crippen molar-refractivity contribution in [3.63, 3.8) is 0 Å². The average Bonchev–Trinajstić information content (AvgIpc) is 2.77. The Hall–Kier alpha value is -0.760. The van der Waals surface area contributed by atoms with E-state index in [4.69, 9.17) is 5.73 Å². The second kappa shape index (κ2) is 2.86. The van der Waals surface area contributed by atoms with Crippen LogP contribution in [0.5, 0.6) is 0 Å². The van der Waals surface area contributed by atoms with Crippen molar-refractivity contribution in [1.29, 1.82) is 0 Å². The summed E-state index contributed by atoms with van der Waals surface area (Å²) < 4.78 is 0. The standard InChI is InChI=1S/C12H18N2/c13-12(5-6-12)8-10-7-9-3-1-2-4-11(9)14-10/h7,14H,1-6,8,13H2. The van der Waals surface area contributed by atoms with Crippen LogP contribution in [-0.4, -0.2) is 10.5 Å². The van der Waals surface area contributed by atoms with Crippen molar-refractivity contribution in [2.75, 3.05) is 0 Å². The second-order valence-corrected chi connectivity index (χ2v) is 5.04. The van der Waals surface area contributed by atoms with Crippen molar-refractivity contribution < 1.29 is 0 Å². The molecule has 2 aliphatic carbocycles.